The number of pyridine rings is 1. The second-order valence-corrected chi connectivity index (χ2v) is 2.57. The van der Waals surface area contributed by atoms with Crippen molar-refractivity contribution in [1.82, 2.24) is 9.97 Å². The van der Waals surface area contributed by atoms with Crippen molar-refractivity contribution in [3.63, 3.8) is 0 Å². The Balaban J connectivity index is 2.94. The van der Waals surface area contributed by atoms with Crippen LogP contribution in [0.3, 0.4) is 0 Å². The molecular formula is C8H6F2N2. The van der Waals surface area contributed by atoms with Crippen LogP contribution in [-0.4, -0.2) is 9.97 Å². The van der Waals surface area contributed by atoms with Crippen molar-refractivity contribution >= 4 is 11.0 Å². The van der Waals surface area contributed by atoms with Gasteiger partial charge in [0.05, 0.1) is 11.1 Å². The number of nitrogens with one attached hydrogen (secondary N) is 1. The molecule has 0 saturated carbocycles. The van der Waals surface area contributed by atoms with Crippen LogP contribution in [-0.2, 0) is 0 Å². The summed E-state index contributed by atoms with van der Waals surface area (Å²) in [5.74, 6) is -1.71. The van der Waals surface area contributed by atoms with Crippen LogP contribution in [0.25, 0.3) is 11.0 Å². The van der Waals surface area contributed by atoms with Crippen LogP contribution in [0.15, 0.2) is 12.3 Å². The van der Waals surface area contributed by atoms with Crippen molar-refractivity contribution < 1.29 is 8.78 Å². The molecule has 0 fully saturated rings. The van der Waals surface area contributed by atoms with Gasteiger partial charge in [-0.05, 0) is 13.0 Å². The highest BCUT2D eigenvalue weighted by atomic mass is 19.2. The van der Waals surface area contributed by atoms with Gasteiger partial charge in [0, 0.05) is 6.20 Å². The maximum Gasteiger partial charge on any atom is 0.180 e. The lowest BCUT2D eigenvalue weighted by molar-refractivity contribution is 0.506. The lowest BCUT2D eigenvalue weighted by Gasteiger charge is -1.97. The van der Waals surface area contributed by atoms with Crippen LogP contribution >= 0.6 is 0 Å². The fourth-order valence-corrected chi connectivity index (χ4v) is 1.12. The summed E-state index contributed by atoms with van der Waals surface area (Å²) in [5, 5.41) is 0.193. The van der Waals surface area contributed by atoms with E-state index in [9.17, 15) is 8.78 Å². The molecule has 2 nitrogen and oxygen atoms in total. The van der Waals surface area contributed by atoms with Crippen LogP contribution in [0, 0.1) is 18.6 Å². The fourth-order valence-electron chi connectivity index (χ4n) is 1.12. The van der Waals surface area contributed by atoms with Crippen molar-refractivity contribution in [2.24, 2.45) is 0 Å². The van der Waals surface area contributed by atoms with E-state index in [2.05, 4.69) is 9.97 Å². The Morgan fingerprint density at radius 3 is 2.83 bits per heavy atom. The molecule has 0 aliphatic heterocycles. The first-order valence-electron chi connectivity index (χ1n) is 3.49. The quantitative estimate of drug-likeness (QED) is 0.641. The molecule has 2 rings (SSSR count). The maximum absolute atomic E-state index is 13.1. The number of hydrogen-bond donors (Lipinski definition) is 1. The number of fused-ring (bicyclic) bond motifs is 1. The van der Waals surface area contributed by atoms with Gasteiger partial charge in [0.25, 0.3) is 0 Å². The minimum Gasteiger partial charge on any atom is -0.346 e. The number of nitrogens with zero attached hydrogens (tertiary/aromatic N) is 1. The van der Waals surface area contributed by atoms with Gasteiger partial charge in [-0.3, -0.25) is 0 Å². The minimum atomic E-state index is -0.873. The second-order valence-electron chi connectivity index (χ2n) is 2.57. The van der Waals surface area contributed by atoms with E-state index >= 15 is 0 Å². The zero-order chi connectivity index (χ0) is 8.72. The molecule has 2 heterocycles. The van der Waals surface area contributed by atoms with E-state index in [0.717, 1.165) is 0 Å². The number of aryl methyl sites for hydroxylation is 1. The summed E-state index contributed by atoms with van der Waals surface area (Å²) in [6, 6.07) is 1.46. The predicted octanol–water partition coefficient (Wildman–Crippen LogP) is 2.15. The Morgan fingerprint density at radius 1 is 1.33 bits per heavy atom. The first kappa shape index (κ1) is 7.21. The van der Waals surface area contributed by atoms with E-state index in [0.29, 0.717) is 5.65 Å². The molecule has 2 aromatic heterocycles. The van der Waals surface area contributed by atoms with Gasteiger partial charge < -0.3 is 4.98 Å². The first-order valence-corrected chi connectivity index (χ1v) is 3.49. The number of aromatic nitrogens is 2. The van der Waals surface area contributed by atoms with Crippen LogP contribution in [0.1, 0.15) is 5.69 Å². The predicted molar refractivity (Wildman–Crippen MR) is 40.7 cm³/mol. The lowest BCUT2D eigenvalue weighted by atomic mass is 10.3. The number of H-pyrrole nitrogens is 1. The molecule has 0 aliphatic rings. The molecule has 4 heteroatoms. The monoisotopic (exact) mass is 168 g/mol. The normalized spacial score (nSPS) is 10.9. The molecule has 2 aromatic rings. The highest BCUT2D eigenvalue weighted by molar-refractivity contribution is 5.76. The molecule has 0 aliphatic carbocycles. The molecule has 0 saturated heterocycles. The van der Waals surface area contributed by atoms with E-state index in [1.54, 1.807) is 0 Å². The molecular weight excluding hydrogens is 162 g/mol. The van der Waals surface area contributed by atoms with E-state index in [-0.39, 0.29) is 11.1 Å². The third-order valence-electron chi connectivity index (χ3n) is 1.75. The van der Waals surface area contributed by atoms with Gasteiger partial charge in [0.15, 0.2) is 11.6 Å². The molecule has 0 unspecified atom stereocenters. The van der Waals surface area contributed by atoms with Gasteiger partial charge >= 0.3 is 0 Å². The van der Waals surface area contributed by atoms with Gasteiger partial charge in [-0.2, -0.15) is 0 Å². The molecule has 62 valence electrons. The molecule has 0 radical (unpaired) electrons. The first-order chi connectivity index (χ1) is 5.70. The Morgan fingerprint density at radius 2 is 2.08 bits per heavy atom. The van der Waals surface area contributed by atoms with Crippen molar-refractivity contribution in [3.8, 4) is 0 Å². The largest absolute Gasteiger partial charge is 0.346 e. The minimum absolute atomic E-state index is 0.0717. The van der Waals surface area contributed by atoms with Crippen LogP contribution in [0.4, 0.5) is 8.78 Å². The van der Waals surface area contributed by atoms with E-state index in [1.165, 1.54) is 19.2 Å². The molecule has 0 spiro atoms. The highest BCUT2D eigenvalue weighted by Gasteiger charge is 2.11. The van der Waals surface area contributed by atoms with Crippen LogP contribution in [0.5, 0.6) is 0 Å². The summed E-state index contributed by atoms with van der Waals surface area (Å²) in [4.78, 5) is 6.54. The van der Waals surface area contributed by atoms with Crippen molar-refractivity contribution in [3.05, 3.63) is 29.6 Å². The molecule has 0 amide bonds. The third kappa shape index (κ3) is 0.809. The van der Waals surface area contributed by atoms with Crippen molar-refractivity contribution in [2.75, 3.05) is 0 Å². The van der Waals surface area contributed by atoms with Gasteiger partial charge in [-0.1, -0.05) is 0 Å². The number of hydrogen-bond acceptors (Lipinski definition) is 1. The molecule has 0 bridgehead atoms. The maximum atomic E-state index is 13.1. The second kappa shape index (κ2) is 2.27. The summed E-state index contributed by atoms with van der Waals surface area (Å²) in [5.41, 5.74) is 0.453. The molecule has 0 aromatic carbocycles. The SMILES string of the molecule is Cc1nc2[nH]ccc2c(F)c1F. The molecule has 12 heavy (non-hydrogen) atoms. The van der Waals surface area contributed by atoms with Gasteiger partial charge in [-0.15, -0.1) is 0 Å². The zero-order valence-electron chi connectivity index (χ0n) is 6.36. The summed E-state index contributed by atoms with van der Waals surface area (Å²) >= 11 is 0. The summed E-state index contributed by atoms with van der Waals surface area (Å²) in [6.45, 7) is 1.43. The van der Waals surface area contributed by atoms with Gasteiger partial charge in [0.1, 0.15) is 5.65 Å². The Labute approximate surface area is 67.2 Å². The van der Waals surface area contributed by atoms with E-state index in [1.807, 2.05) is 0 Å². The average Bonchev–Trinajstić information content (AvgIpc) is 2.48. The lowest BCUT2D eigenvalue weighted by Crippen LogP contribution is -1.93. The zero-order valence-corrected chi connectivity index (χ0v) is 6.36. The van der Waals surface area contributed by atoms with E-state index in [4.69, 9.17) is 0 Å². The third-order valence-corrected chi connectivity index (χ3v) is 1.75. The van der Waals surface area contributed by atoms with Gasteiger partial charge in [-0.25, -0.2) is 13.8 Å². The Bertz CT molecular complexity index is 434. The van der Waals surface area contributed by atoms with Crippen molar-refractivity contribution in [2.45, 2.75) is 6.92 Å². The number of rotatable bonds is 0. The summed E-state index contributed by atoms with van der Waals surface area (Å²) < 4.78 is 25.9. The summed E-state index contributed by atoms with van der Waals surface area (Å²) in [7, 11) is 0. The standard InChI is InChI=1S/C8H6F2N2/c1-4-6(9)7(10)5-2-3-11-8(5)12-4/h2-3H,1H3,(H,11,12). The van der Waals surface area contributed by atoms with Crippen molar-refractivity contribution in [1.29, 1.82) is 0 Å². The fraction of sp³-hybridized carbons (Fsp3) is 0.125. The highest BCUT2D eigenvalue weighted by Crippen LogP contribution is 2.18. The van der Waals surface area contributed by atoms with Crippen LogP contribution < -0.4 is 0 Å². The molecule has 1 N–H and O–H groups in total. The Hall–Kier alpha value is -1.45. The summed E-state index contributed by atoms with van der Waals surface area (Å²) in [6.07, 6.45) is 1.53. The average molecular weight is 168 g/mol. The molecule has 0 atom stereocenters. The number of aromatic amines is 1. The smallest absolute Gasteiger partial charge is 0.180 e. The number of halogens is 2. The Kier molecular flexibility index (Phi) is 1.36. The van der Waals surface area contributed by atoms with E-state index < -0.39 is 11.6 Å². The topological polar surface area (TPSA) is 28.7 Å². The van der Waals surface area contributed by atoms with Crippen LogP contribution in [0.2, 0.25) is 0 Å². The van der Waals surface area contributed by atoms with Gasteiger partial charge in [0.2, 0.25) is 0 Å².